The maximum absolute atomic E-state index is 11.0. The third-order valence-corrected chi connectivity index (χ3v) is 6.62. The van der Waals surface area contributed by atoms with Crippen LogP contribution in [-0.4, -0.2) is 36.5 Å². The Hall–Kier alpha value is -2.96. The minimum Gasteiger partial charge on any atom is -0.439 e. The van der Waals surface area contributed by atoms with Crippen molar-refractivity contribution in [2.24, 2.45) is 11.8 Å². The number of rotatable bonds is 2. The molecule has 0 radical (unpaired) electrons. The molecule has 1 fully saturated rings. The molecule has 5 rings (SSSR count). The van der Waals surface area contributed by atoms with Crippen LogP contribution in [0.2, 0.25) is 0 Å². The number of aliphatic hydroxyl groups excluding tert-OH is 2. The number of aliphatic hydroxyl groups is 2. The standard InChI is InChI=1S/C24H26N2O4/c1-13(23-25(3)15-9-5-7-11-17(15)29-23)19-21(27)20(22(19)28)14(2)24-26(4)16-10-6-8-12-18(16)30-24/h5-12,19-22,27-28H,1-4H3. The van der Waals surface area contributed by atoms with Gasteiger partial charge in [-0.3, -0.25) is 0 Å². The number of fused-ring (bicyclic) bond motifs is 2. The Kier molecular flexibility index (Phi) is 4.31. The van der Waals surface area contributed by atoms with Gasteiger partial charge in [0, 0.05) is 25.9 Å². The predicted octanol–water partition coefficient (Wildman–Crippen LogP) is 3.47. The Morgan fingerprint density at radius 3 is 1.43 bits per heavy atom. The molecule has 0 unspecified atom stereocenters. The van der Waals surface area contributed by atoms with Crippen LogP contribution in [0.5, 0.6) is 11.5 Å². The van der Waals surface area contributed by atoms with Crippen LogP contribution in [-0.2, 0) is 0 Å². The van der Waals surface area contributed by atoms with Crippen molar-refractivity contribution in [2.75, 3.05) is 23.9 Å². The van der Waals surface area contributed by atoms with Crippen LogP contribution >= 0.6 is 0 Å². The van der Waals surface area contributed by atoms with Crippen molar-refractivity contribution < 1.29 is 19.7 Å². The highest BCUT2D eigenvalue weighted by Gasteiger charge is 2.53. The fraction of sp³-hybridized carbons (Fsp3) is 0.333. The van der Waals surface area contributed by atoms with E-state index >= 15 is 0 Å². The van der Waals surface area contributed by atoms with E-state index in [1.54, 1.807) is 0 Å². The van der Waals surface area contributed by atoms with Gasteiger partial charge in [0.25, 0.3) is 0 Å². The van der Waals surface area contributed by atoms with Gasteiger partial charge in [0.05, 0.1) is 23.6 Å². The van der Waals surface area contributed by atoms with Crippen molar-refractivity contribution >= 4 is 11.4 Å². The van der Waals surface area contributed by atoms with Crippen LogP contribution in [0.15, 0.2) is 71.4 Å². The minimum atomic E-state index is -0.721. The van der Waals surface area contributed by atoms with E-state index < -0.39 is 24.0 Å². The summed E-state index contributed by atoms with van der Waals surface area (Å²) in [6.07, 6.45) is -1.44. The zero-order chi connectivity index (χ0) is 21.2. The lowest BCUT2D eigenvalue weighted by atomic mass is 9.63. The summed E-state index contributed by atoms with van der Waals surface area (Å²) in [4.78, 5) is 3.93. The van der Waals surface area contributed by atoms with Crippen LogP contribution < -0.4 is 19.3 Å². The Balaban J connectivity index is 1.41. The van der Waals surface area contributed by atoms with Crippen molar-refractivity contribution in [1.29, 1.82) is 0 Å². The largest absolute Gasteiger partial charge is 0.439 e. The molecule has 0 aromatic heterocycles. The lowest BCUT2D eigenvalue weighted by Crippen LogP contribution is -2.57. The van der Waals surface area contributed by atoms with E-state index in [1.807, 2.05) is 86.3 Å². The number of para-hydroxylation sites is 4. The maximum Gasteiger partial charge on any atom is 0.199 e. The molecular weight excluding hydrogens is 380 g/mol. The first-order chi connectivity index (χ1) is 14.4. The van der Waals surface area contributed by atoms with Gasteiger partial charge in [0.2, 0.25) is 0 Å². The zero-order valence-electron chi connectivity index (χ0n) is 17.5. The molecule has 2 aliphatic heterocycles. The van der Waals surface area contributed by atoms with Crippen molar-refractivity contribution in [1.82, 2.24) is 0 Å². The molecule has 0 saturated heterocycles. The van der Waals surface area contributed by atoms with Crippen LogP contribution in [0.25, 0.3) is 0 Å². The average Bonchev–Trinajstić information content (AvgIpc) is 3.26. The van der Waals surface area contributed by atoms with Gasteiger partial charge in [-0.1, -0.05) is 24.3 Å². The summed E-state index contributed by atoms with van der Waals surface area (Å²) in [6.45, 7) is 3.84. The number of anilines is 2. The SMILES string of the molecule is CC(=C1Oc2ccccc2N1C)C1C(O)C(C(C)=C2Oc3ccccc3N2C)C1O. The number of benzene rings is 2. The third-order valence-electron chi connectivity index (χ3n) is 6.62. The Labute approximate surface area is 176 Å². The van der Waals surface area contributed by atoms with Gasteiger partial charge in [0.15, 0.2) is 23.3 Å². The third kappa shape index (κ3) is 2.57. The fourth-order valence-electron chi connectivity index (χ4n) is 4.91. The van der Waals surface area contributed by atoms with Gasteiger partial charge in [-0.2, -0.15) is 0 Å². The van der Waals surface area contributed by atoms with E-state index in [4.69, 9.17) is 9.47 Å². The van der Waals surface area contributed by atoms with Crippen molar-refractivity contribution in [3.63, 3.8) is 0 Å². The zero-order valence-corrected chi connectivity index (χ0v) is 17.5. The monoisotopic (exact) mass is 406 g/mol. The summed E-state index contributed by atoms with van der Waals surface area (Å²) in [5.74, 6) is 2.12. The van der Waals surface area contributed by atoms with E-state index in [2.05, 4.69) is 0 Å². The minimum absolute atomic E-state index is 0.397. The Bertz CT molecular complexity index is 983. The molecule has 0 spiro atoms. The van der Waals surface area contributed by atoms with E-state index in [-0.39, 0.29) is 0 Å². The molecule has 1 saturated carbocycles. The fourth-order valence-corrected chi connectivity index (χ4v) is 4.91. The number of nitrogens with zero attached hydrogens (tertiary/aromatic N) is 2. The number of hydrogen-bond acceptors (Lipinski definition) is 6. The molecule has 6 nitrogen and oxygen atoms in total. The highest BCUT2D eigenvalue weighted by atomic mass is 16.5. The molecule has 2 heterocycles. The molecule has 156 valence electrons. The molecular formula is C24H26N2O4. The molecule has 2 aromatic carbocycles. The second-order valence-electron chi connectivity index (χ2n) is 8.27. The first-order valence-corrected chi connectivity index (χ1v) is 10.2. The quantitative estimate of drug-likeness (QED) is 0.796. The highest BCUT2D eigenvalue weighted by Crippen LogP contribution is 2.49. The molecule has 1 aliphatic carbocycles. The van der Waals surface area contributed by atoms with Gasteiger partial charge >= 0.3 is 0 Å². The molecule has 0 atom stereocenters. The molecule has 6 heteroatoms. The summed E-state index contributed by atoms with van der Waals surface area (Å²) in [6, 6.07) is 15.6. The molecule has 0 bridgehead atoms. The molecule has 2 N–H and O–H groups in total. The predicted molar refractivity (Wildman–Crippen MR) is 115 cm³/mol. The van der Waals surface area contributed by atoms with Crippen molar-refractivity contribution in [2.45, 2.75) is 26.1 Å². The molecule has 3 aliphatic rings. The van der Waals surface area contributed by atoms with E-state index in [0.29, 0.717) is 11.8 Å². The smallest absolute Gasteiger partial charge is 0.199 e. The van der Waals surface area contributed by atoms with Gasteiger partial charge in [-0.25, -0.2) is 0 Å². The second-order valence-corrected chi connectivity index (χ2v) is 8.27. The molecule has 2 aromatic rings. The normalized spacial score (nSPS) is 30.2. The van der Waals surface area contributed by atoms with Crippen LogP contribution in [0.4, 0.5) is 11.4 Å². The lowest BCUT2D eigenvalue weighted by molar-refractivity contribution is -0.121. The van der Waals surface area contributed by atoms with Gasteiger partial charge in [0.1, 0.15) is 0 Å². The number of hydrogen-bond donors (Lipinski definition) is 2. The van der Waals surface area contributed by atoms with Gasteiger partial charge in [-0.15, -0.1) is 0 Å². The highest BCUT2D eigenvalue weighted by molar-refractivity contribution is 5.67. The van der Waals surface area contributed by atoms with Crippen molar-refractivity contribution in [3.8, 4) is 11.5 Å². The summed E-state index contributed by atoms with van der Waals surface area (Å²) >= 11 is 0. The average molecular weight is 406 g/mol. The van der Waals surface area contributed by atoms with Crippen molar-refractivity contribution in [3.05, 3.63) is 71.4 Å². The van der Waals surface area contributed by atoms with E-state index in [0.717, 1.165) is 34.0 Å². The number of ether oxygens (including phenoxy) is 2. The van der Waals surface area contributed by atoms with Gasteiger partial charge in [-0.05, 0) is 49.3 Å². The Morgan fingerprint density at radius 1 is 0.700 bits per heavy atom. The van der Waals surface area contributed by atoms with E-state index in [9.17, 15) is 10.2 Å². The summed E-state index contributed by atoms with van der Waals surface area (Å²) < 4.78 is 12.1. The lowest BCUT2D eigenvalue weighted by Gasteiger charge is -2.48. The molecule has 30 heavy (non-hydrogen) atoms. The summed E-state index contributed by atoms with van der Waals surface area (Å²) in [7, 11) is 3.87. The first-order valence-electron chi connectivity index (χ1n) is 10.2. The summed E-state index contributed by atoms with van der Waals surface area (Å²) in [5, 5.41) is 22.1. The first kappa shape index (κ1) is 19.0. The van der Waals surface area contributed by atoms with Crippen LogP contribution in [0.1, 0.15) is 13.8 Å². The van der Waals surface area contributed by atoms with E-state index in [1.165, 1.54) is 0 Å². The summed E-state index contributed by atoms with van der Waals surface area (Å²) in [5.41, 5.74) is 3.63. The second kappa shape index (κ2) is 6.79. The van der Waals surface area contributed by atoms with Gasteiger partial charge < -0.3 is 29.5 Å². The maximum atomic E-state index is 11.0. The Morgan fingerprint density at radius 2 is 1.07 bits per heavy atom. The van der Waals surface area contributed by atoms with Crippen LogP contribution in [0.3, 0.4) is 0 Å². The molecule has 0 amide bonds. The van der Waals surface area contributed by atoms with Crippen LogP contribution in [0, 0.1) is 11.8 Å². The topological polar surface area (TPSA) is 65.4 Å².